The number of hydrogen-bond acceptors (Lipinski definition) is 2. The molecule has 1 aromatic heterocycles. The SMILES string of the molecule is CC.COc1ccc(-c2ccc(C(C)C)cc2)cn1. The summed E-state index contributed by atoms with van der Waals surface area (Å²) < 4.78 is 5.04. The third-order valence-corrected chi connectivity index (χ3v) is 2.86. The van der Waals surface area contributed by atoms with Gasteiger partial charge in [0, 0.05) is 17.8 Å². The first-order valence-electron chi connectivity index (χ1n) is 6.81. The van der Waals surface area contributed by atoms with E-state index in [9.17, 15) is 0 Å². The van der Waals surface area contributed by atoms with Crippen molar-refractivity contribution < 1.29 is 4.74 Å². The highest BCUT2D eigenvalue weighted by molar-refractivity contribution is 5.63. The average Bonchev–Trinajstić information content (AvgIpc) is 2.49. The molecule has 0 saturated heterocycles. The van der Waals surface area contributed by atoms with E-state index in [0.29, 0.717) is 11.8 Å². The normalized spacial score (nSPS) is 9.79. The van der Waals surface area contributed by atoms with Crippen LogP contribution in [0.25, 0.3) is 11.1 Å². The van der Waals surface area contributed by atoms with Gasteiger partial charge in [-0.05, 0) is 23.1 Å². The lowest BCUT2D eigenvalue weighted by Crippen LogP contribution is -1.89. The molecule has 0 saturated carbocycles. The zero-order valence-corrected chi connectivity index (χ0v) is 12.5. The van der Waals surface area contributed by atoms with Gasteiger partial charge in [-0.1, -0.05) is 52.0 Å². The number of rotatable bonds is 3. The lowest BCUT2D eigenvalue weighted by atomic mass is 10.00. The quantitative estimate of drug-likeness (QED) is 0.779. The highest BCUT2D eigenvalue weighted by Gasteiger charge is 2.01. The number of methoxy groups -OCH3 is 1. The Morgan fingerprint density at radius 3 is 1.89 bits per heavy atom. The van der Waals surface area contributed by atoms with E-state index in [2.05, 4.69) is 43.1 Å². The molecule has 0 aliphatic rings. The summed E-state index contributed by atoms with van der Waals surface area (Å²) in [5, 5.41) is 0. The van der Waals surface area contributed by atoms with Gasteiger partial charge in [0.15, 0.2) is 0 Å². The minimum absolute atomic E-state index is 0.568. The predicted octanol–water partition coefficient (Wildman–Crippen LogP) is 4.91. The average molecular weight is 257 g/mol. The molecule has 0 unspecified atom stereocenters. The van der Waals surface area contributed by atoms with Crippen LogP contribution in [0.5, 0.6) is 5.88 Å². The molecule has 0 spiro atoms. The van der Waals surface area contributed by atoms with Gasteiger partial charge in [-0.3, -0.25) is 0 Å². The second kappa shape index (κ2) is 7.57. The number of benzene rings is 1. The van der Waals surface area contributed by atoms with E-state index >= 15 is 0 Å². The minimum Gasteiger partial charge on any atom is -0.481 e. The summed E-state index contributed by atoms with van der Waals surface area (Å²) in [4.78, 5) is 4.21. The molecule has 0 aliphatic heterocycles. The van der Waals surface area contributed by atoms with Crippen molar-refractivity contribution in [3.63, 3.8) is 0 Å². The third-order valence-electron chi connectivity index (χ3n) is 2.86. The van der Waals surface area contributed by atoms with Crippen LogP contribution in [0.1, 0.15) is 39.2 Å². The Kier molecular flexibility index (Phi) is 6.07. The topological polar surface area (TPSA) is 22.1 Å². The number of aromatic nitrogens is 1. The van der Waals surface area contributed by atoms with E-state index in [1.54, 1.807) is 7.11 Å². The molecule has 1 heterocycles. The highest BCUT2D eigenvalue weighted by atomic mass is 16.5. The monoisotopic (exact) mass is 257 g/mol. The molecule has 2 aromatic rings. The summed E-state index contributed by atoms with van der Waals surface area (Å²) in [5.41, 5.74) is 3.65. The standard InChI is InChI=1S/C15H17NO.C2H6/c1-11(2)12-4-6-13(7-5-12)14-8-9-15(17-3)16-10-14;1-2/h4-11H,1-3H3;1-2H3. The Morgan fingerprint density at radius 2 is 1.47 bits per heavy atom. The van der Waals surface area contributed by atoms with Crippen LogP contribution in [0, 0.1) is 0 Å². The van der Waals surface area contributed by atoms with Crippen molar-refractivity contribution in [3.8, 4) is 17.0 Å². The van der Waals surface area contributed by atoms with Crippen LogP contribution >= 0.6 is 0 Å². The second-order valence-electron chi connectivity index (χ2n) is 4.37. The Hall–Kier alpha value is -1.83. The maximum Gasteiger partial charge on any atom is 0.212 e. The highest BCUT2D eigenvalue weighted by Crippen LogP contribution is 2.23. The Balaban J connectivity index is 0.000000861. The zero-order valence-electron chi connectivity index (χ0n) is 12.5. The molecule has 2 rings (SSSR count). The molecule has 19 heavy (non-hydrogen) atoms. The first-order valence-corrected chi connectivity index (χ1v) is 6.81. The van der Waals surface area contributed by atoms with Gasteiger partial charge in [0.2, 0.25) is 5.88 Å². The van der Waals surface area contributed by atoms with Gasteiger partial charge in [-0.2, -0.15) is 0 Å². The summed E-state index contributed by atoms with van der Waals surface area (Å²) in [5.74, 6) is 1.21. The van der Waals surface area contributed by atoms with E-state index in [0.717, 1.165) is 5.56 Å². The van der Waals surface area contributed by atoms with E-state index < -0.39 is 0 Å². The molecular formula is C17H23NO. The maximum absolute atomic E-state index is 5.04. The van der Waals surface area contributed by atoms with Gasteiger partial charge in [0.25, 0.3) is 0 Å². The van der Waals surface area contributed by atoms with Crippen molar-refractivity contribution in [2.75, 3.05) is 7.11 Å². The van der Waals surface area contributed by atoms with Crippen LogP contribution in [0.4, 0.5) is 0 Å². The van der Waals surface area contributed by atoms with Crippen LogP contribution in [0.2, 0.25) is 0 Å². The minimum atomic E-state index is 0.568. The van der Waals surface area contributed by atoms with Gasteiger partial charge in [-0.15, -0.1) is 0 Å². The molecule has 0 N–H and O–H groups in total. The number of hydrogen-bond donors (Lipinski definition) is 0. The smallest absolute Gasteiger partial charge is 0.212 e. The fraction of sp³-hybridized carbons (Fsp3) is 0.353. The van der Waals surface area contributed by atoms with Crippen molar-refractivity contribution in [1.29, 1.82) is 0 Å². The van der Waals surface area contributed by atoms with Gasteiger partial charge in [-0.25, -0.2) is 4.98 Å². The summed E-state index contributed by atoms with van der Waals surface area (Å²) in [6.45, 7) is 8.40. The fourth-order valence-corrected chi connectivity index (χ4v) is 1.73. The number of pyridine rings is 1. The van der Waals surface area contributed by atoms with Crippen LogP contribution in [0.15, 0.2) is 42.6 Å². The lowest BCUT2D eigenvalue weighted by molar-refractivity contribution is 0.398. The van der Waals surface area contributed by atoms with E-state index in [1.807, 2.05) is 32.2 Å². The molecule has 0 aliphatic carbocycles. The number of nitrogens with zero attached hydrogens (tertiary/aromatic N) is 1. The molecule has 0 radical (unpaired) electrons. The summed E-state index contributed by atoms with van der Waals surface area (Å²) in [6.07, 6.45) is 1.84. The molecule has 0 fully saturated rings. The third kappa shape index (κ3) is 4.09. The van der Waals surface area contributed by atoms with E-state index in [1.165, 1.54) is 11.1 Å². The van der Waals surface area contributed by atoms with Crippen molar-refractivity contribution in [3.05, 3.63) is 48.2 Å². The first kappa shape index (κ1) is 15.2. The van der Waals surface area contributed by atoms with Crippen LogP contribution < -0.4 is 4.74 Å². The Labute approximate surface area is 116 Å². The molecular weight excluding hydrogens is 234 g/mol. The zero-order chi connectivity index (χ0) is 14.3. The molecule has 0 amide bonds. The van der Waals surface area contributed by atoms with Gasteiger partial charge in [0.1, 0.15) is 0 Å². The molecule has 2 heteroatoms. The summed E-state index contributed by atoms with van der Waals surface area (Å²) >= 11 is 0. The van der Waals surface area contributed by atoms with Crippen molar-refractivity contribution in [2.24, 2.45) is 0 Å². The second-order valence-corrected chi connectivity index (χ2v) is 4.37. The van der Waals surface area contributed by atoms with Crippen LogP contribution in [-0.4, -0.2) is 12.1 Å². The molecule has 0 bridgehead atoms. The van der Waals surface area contributed by atoms with E-state index in [-0.39, 0.29) is 0 Å². The molecule has 1 aromatic carbocycles. The predicted molar refractivity (Wildman–Crippen MR) is 81.7 cm³/mol. The van der Waals surface area contributed by atoms with Crippen molar-refractivity contribution >= 4 is 0 Å². The summed E-state index contributed by atoms with van der Waals surface area (Å²) in [6, 6.07) is 12.5. The number of ether oxygens (including phenoxy) is 1. The molecule has 0 atom stereocenters. The maximum atomic E-state index is 5.04. The Bertz CT molecular complexity index is 472. The molecule has 2 nitrogen and oxygen atoms in total. The van der Waals surface area contributed by atoms with Crippen LogP contribution in [-0.2, 0) is 0 Å². The van der Waals surface area contributed by atoms with Crippen molar-refractivity contribution in [2.45, 2.75) is 33.6 Å². The fourth-order valence-electron chi connectivity index (χ4n) is 1.73. The van der Waals surface area contributed by atoms with Crippen molar-refractivity contribution in [1.82, 2.24) is 4.98 Å². The van der Waals surface area contributed by atoms with Gasteiger partial charge >= 0.3 is 0 Å². The first-order chi connectivity index (χ1) is 9.20. The van der Waals surface area contributed by atoms with Gasteiger partial charge < -0.3 is 4.74 Å². The Morgan fingerprint density at radius 1 is 0.895 bits per heavy atom. The molecule has 102 valence electrons. The summed E-state index contributed by atoms with van der Waals surface area (Å²) in [7, 11) is 1.62. The van der Waals surface area contributed by atoms with Gasteiger partial charge in [0.05, 0.1) is 7.11 Å². The van der Waals surface area contributed by atoms with E-state index in [4.69, 9.17) is 4.74 Å². The largest absolute Gasteiger partial charge is 0.481 e. The van der Waals surface area contributed by atoms with Crippen LogP contribution in [0.3, 0.4) is 0 Å². The lowest BCUT2D eigenvalue weighted by Gasteiger charge is -2.07.